The molecule has 0 radical (unpaired) electrons. The van der Waals surface area contributed by atoms with Crippen LogP contribution in [0.25, 0.3) is 10.8 Å². The summed E-state index contributed by atoms with van der Waals surface area (Å²) >= 11 is 0. The number of hydrogen-bond acceptors (Lipinski definition) is 4. The lowest BCUT2D eigenvalue weighted by atomic mass is 10.0. The van der Waals surface area contributed by atoms with E-state index in [0.29, 0.717) is 5.75 Å². The number of ether oxygens (including phenoxy) is 1. The highest BCUT2D eigenvalue weighted by atomic mass is 16.5. The van der Waals surface area contributed by atoms with Gasteiger partial charge in [-0.2, -0.15) is 0 Å². The predicted molar refractivity (Wildman–Crippen MR) is 85.5 cm³/mol. The lowest BCUT2D eigenvalue weighted by molar-refractivity contribution is -0.156. The van der Waals surface area contributed by atoms with Gasteiger partial charge in [-0.05, 0) is 35.4 Å². The van der Waals surface area contributed by atoms with Gasteiger partial charge >= 0.3 is 5.97 Å². The highest BCUT2D eigenvalue weighted by molar-refractivity contribution is 5.91. The molecule has 0 aliphatic heterocycles. The van der Waals surface area contributed by atoms with Gasteiger partial charge in [0.1, 0.15) is 5.75 Å². The number of carbonyl (C=O) groups excluding carboxylic acids is 1. The molecule has 0 heterocycles. The van der Waals surface area contributed by atoms with Crippen LogP contribution in [0.2, 0.25) is 0 Å². The van der Waals surface area contributed by atoms with Gasteiger partial charge in [-0.15, -0.1) is 0 Å². The highest BCUT2D eigenvalue weighted by Gasteiger charge is 2.30. The number of carbonyl (C=O) groups is 2. The van der Waals surface area contributed by atoms with Gasteiger partial charge in [-0.25, -0.2) is 4.79 Å². The molecule has 23 heavy (non-hydrogen) atoms. The molecule has 6 heteroatoms. The summed E-state index contributed by atoms with van der Waals surface area (Å²) in [5.41, 5.74) is -1.19. The topological polar surface area (TPSA) is 95.9 Å². The maximum Gasteiger partial charge on any atom is 0.337 e. The van der Waals surface area contributed by atoms with E-state index in [0.717, 1.165) is 23.3 Å². The molecule has 6 nitrogen and oxygen atoms in total. The Morgan fingerprint density at radius 2 is 2.00 bits per heavy atom. The number of nitrogens with one attached hydrogen (secondary N) is 1. The van der Waals surface area contributed by atoms with Crippen molar-refractivity contribution in [3.63, 3.8) is 0 Å². The second kappa shape index (κ2) is 6.66. The normalized spacial score (nSPS) is 13.3. The highest BCUT2D eigenvalue weighted by Crippen LogP contribution is 2.24. The predicted octanol–water partition coefficient (Wildman–Crippen LogP) is 1.34. The molecule has 0 saturated carbocycles. The minimum Gasteiger partial charge on any atom is -0.497 e. The van der Waals surface area contributed by atoms with Crippen molar-refractivity contribution in [2.45, 2.75) is 18.9 Å². The molecule has 0 aliphatic carbocycles. The molecular formula is C17H19NO5. The maximum atomic E-state index is 12.0. The smallest absolute Gasteiger partial charge is 0.337 e. The Morgan fingerprint density at radius 3 is 2.65 bits per heavy atom. The number of amides is 1. The summed E-state index contributed by atoms with van der Waals surface area (Å²) in [5, 5.41) is 22.8. The molecular weight excluding hydrogens is 298 g/mol. The number of hydrogen-bond donors (Lipinski definition) is 3. The molecule has 0 saturated heterocycles. The largest absolute Gasteiger partial charge is 0.497 e. The van der Waals surface area contributed by atoms with Gasteiger partial charge in [0.25, 0.3) is 0 Å². The maximum absolute atomic E-state index is 12.0. The second-order valence-electron chi connectivity index (χ2n) is 5.54. The van der Waals surface area contributed by atoms with E-state index in [2.05, 4.69) is 5.32 Å². The number of rotatable bonds is 6. The molecule has 1 unspecified atom stereocenters. The molecule has 2 aromatic carbocycles. The van der Waals surface area contributed by atoms with E-state index in [1.807, 2.05) is 36.4 Å². The van der Waals surface area contributed by atoms with E-state index < -0.39 is 11.6 Å². The van der Waals surface area contributed by atoms with Crippen LogP contribution in [0.5, 0.6) is 5.75 Å². The van der Waals surface area contributed by atoms with Crippen molar-refractivity contribution in [1.82, 2.24) is 5.32 Å². The summed E-state index contributed by atoms with van der Waals surface area (Å²) in [6.07, 6.45) is 0.0835. The number of carboxylic acids is 1. The number of methoxy groups -OCH3 is 1. The zero-order valence-corrected chi connectivity index (χ0v) is 13.0. The van der Waals surface area contributed by atoms with Crippen LogP contribution < -0.4 is 10.1 Å². The first-order valence-corrected chi connectivity index (χ1v) is 7.11. The molecule has 3 N–H and O–H groups in total. The number of carboxylic acid groups (broad SMARTS) is 1. The monoisotopic (exact) mass is 317 g/mol. The molecule has 0 aliphatic rings. The second-order valence-corrected chi connectivity index (χ2v) is 5.54. The van der Waals surface area contributed by atoms with Crippen molar-refractivity contribution in [2.75, 3.05) is 13.7 Å². The summed E-state index contributed by atoms with van der Waals surface area (Å²) < 4.78 is 5.20. The molecule has 2 aromatic rings. The van der Waals surface area contributed by atoms with Gasteiger partial charge in [0.15, 0.2) is 5.60 Å². The lowest BCUT2D eigenvalue weighted by Gasteiger charge is -2.18. The minimum atomic E-state index is -1.99. The first-order valence-electron chi connectivity index (χ1n) is 7.11. The van der Waals surface area contributed by atoms with E-state index in [-0.39, 0.29) is 18.9 Å². The zero-order valence-electron chi connectivity index (χ0n) is 13.0. The summed E-state index contributed by atoms with van der Waals surface area (Å²) in [6.45, 7) is 0.785. The third-order valence-corrected chi connectivity index (χ3v) is 3.62. The molecule has 2 rings (SSSR count). The van der Waals surface area contributed by atoms with Gasteiger partial charge in [-0.1, -0.05) is 24.3 Å². The van der Waals surface area contributed by atoms with Crippen molar-refractivity contribution < 1.29 is 24.5 Å². The molecule has 0 bridgehead atoms. The van der Waals surface area contributed by atoms with E-state index in [1.165, 1.54) is 0 Å². The Bertz CT molecular complexity index is 739. The van der Waals surface area contributed by atoms with Gasteiger partial charge in [0.2, 0.25) is 5.91 Å². The zero-order chi connectivity index (χ0) is 17.0. The molecule has 0 aromatic heterocycles. The SMILES string of the molecule is COc1ccc2cccc(CC(=O)NCC(C)(O)C(=O)O)c2c1. The summed E-state index contributed by atoms with van der Waals surface area (Å²) in [5.74, 6) is -1.05. The van der Waals surface area contributed by atoms with Gasteiger partial charge in [0.05, 0.1) is 20.1 Å². The van der Waals surface area contributed by atoms with E-state index in [1.54, 1.807) is 7.11 Å². The molecule has 1 amide bonds. The first kappa shape index (κ1) is 16.8. The fraction of sp³-hybridized carbons (Fsp3) is 0.294. The van der Waals surface area contributed by atoms with Crippen molar-refractivity contribution >= 4 is 22.6 Å². The number of fused-ring (bicyclic) bond motifs is 1. The third kappa shape index (κ3) is 3.98. The first-order chi connectivity index (χ1) is 10.8. The van der Waals surface area contributed by atoms with Crippen LogP contribution in [0.1, 0.15) is 12.5 Å². The standard InChI is InChI=1S/C17H19NO5/c1-17(22,16(20)21)10-18-15(19)8-12-5-3-4-11-6-7-13(23-2)9-14(11)12/h3-7,9,22H,8,10H2,1-2H3,(H,18,19)(H,20,21). The minimum absolute atomic E-state index is 0.0835. The van der Waals surface area contributed by atoms with Crippen LogP contribution in [0, 0.1) is 0 Å². The van der Waals surface area contributed by atoms with Crippen LogP contribution >= 0.6 is 0 Å². The lowest BCUT2D eigenvalue weighted by Crippen LogP contribution is -2.46. The fourth-order valence-electron chi connectivity index (χ4n) is 2.18. The number of aliphatic hydroxyl groups is 1. The van der Waals surface area contributed by atoms with Crippen LogP contribution in [0.3, 0.4) is 0 Å². The van der Waals surface area contributed by atoms with Crippen molar-refractivity contribution in [3.05, 3.63) is 42.0 Å². The number of aliphatic carboxylic acids is 1. The average molecular weight is 317 g/mol. The van der Waals surface area contributed by atoms with Gasteiger partial charge in [0, 0.05) is 0 Å². The summed E-state index contributed by atoms with van der Waals surface area (Å²) in [4.78, 5) is 22.9. The van der Waals surface area contributed by atoms with Crippen LogP contribution in [-0.4, -0.2) is 41.3 Å². The van der Waals surface area contributed by atoms with Crippen molar-refractivity contribution in [3.8, 4) is 5.75 Å². The molecule has 1 atom stereocenters. The molecule has 0 spiro atoms. The van der Waals surface area contributed by atoms with Crippen LogP contribution in [-0.2, 0) is 16.0 Å². The summed E-state index contributed by atoms with van der Waals surface area (Å²) in [6, 6.07) is 11.2. The number of benzene rings is 2. The molecule has 0 fully saturated rings. The average Bonchev–Trinajstić information content (AvgIpc) is 2.53. The van der Waals surface area contributed by atoms with E-state index in [4.69, 9.17) is 9.84 Å². The van der Waals surface area contributed by atoms with Gasteiger partial charge < -0.3 is 20.3 Å². The van der Waals surface area contributed by atoms with Crippen LogP contribution in [0.15, 0.2) is 36.4 Å². The summed E-state index contributed by atoms with van der Waals surface area (Å²) in [7, 11) is 1.57. The quantitative estimate of drug-likeness (QED) is 0.747. The fourth-order valence-corrected chi connectivity index (χ4v) is 2.18. The third-order valence-electron chi connectivity index (χ3n) is 3.62. The van der Waals surface area contributed by atoms with Gasteiger partial charge in [-0.3, -0.25) is 4.79 Å². The van der Waals surface area contributed by atoms with Crippen LogP contribution in [0.4, 0.5) is 0 Å². The Labute approximate surface area is 133 Å². The van der Waals surface area contributed by atoms with E-state index >= 15 is 0 Å². The molecule has 122 valence electrons. The Kier molecular flexibility index (Phi) is 4.86. The van der Waals surface area contributed by atoms with Crippen molar-refractivity contribution in [2.24, 2.45) is 0 Å². The Hall–Kier alpha value is -2.60. The Morgan fingerprint density at radius 1 is 1.26 bits per heavy atom. The Balaban J connectivity index is 2.15. The van der Waals surface area contributed by atoms with Crippen molar-refractivity contribution in [1.29, 1.82) is 0 Å². The van der Waals surface area contributed by atoms with E-state index in [9.17, 15) is 14.7 Å².